The number of fused-ring (bicyclic) bond motifs is 1. The quantitative estimate of drug-likeness (QED) is 0.637. The molecule has 0 bridgehead atoms. The van der Waals surface area contributed by atoms with Gasteiger partial charge in [-0.3, -0.25) is 5.01 Å². The van der Waals surface area contributed by atoms with Crippen LogP contribution in [0, 0.1) is 0 Å². The van der Waals surface area contributed by atoms with Gasteiger partial charge < -0.3 is 9.29 Å². The number of morpholine rings is 1. The van der Waals surface area contributed by atoms with Gasteiger partial charge in [-0.15, -0.1) is 5.11 Å². The lowest BCUT2D eigenvalue weighted by molar-refractivity contribution is 0.0354. The van der Waals surface area contributed by atoms with Gasteiger partial charge in [0.05, 0.1) is 36.9 Å². The highest BCUT2D eigenvalue weighted by molar-refractivity contribution is 7.86. The maximum atomic E-state index is 11.3. The first-order chi connectivity index (χ1) is 10.6. The molecule has 0 radical (unpaired) electrons. The van der Waals surface area contributed by atoms with Gasteiger partial charge in [0.25, 0.3) is 0 Å². The van der Waals surface area contributed by atoms with E-state index in [1.54, 1.807) is 29.3 Å². The molecule has 3 rings (SSSR count). The van der Waals surface area contributed by atoms with Crippen molar-refractivity contribution < 1.29 is 17.7 Å². The van der Waals surface area contributed by atoms with Crippen molar-refractivity contribution in [3.63, 3.8) is 0 Å². The Morgan fingerprint density at radius 2 is 1.73 bits per heavy atom. The average Bonchev–Trinajstić information content (AvgIpc) is 2.52. The van der Waals surface area contributed by atoms with Crippen LogP contribution in [0.15, 0.2) is 51.6 Å². The van der Waals surface area contributed by atoms with Crippen molar-refractivity contribution in [3.8, 4) is 0 Å². The fraction of sp³-hybridized carbons (Fsp3) is 0.286. The lowest BCUT2D eigenvalue weighted by Gasteiger charge is -2.22. The molecule has 2 aromatic carbocycles. The molecule has 1 fully saturated rings. The normalized spacial score (nSPS) is 16.5. The number of ether oxygens (including phenoxy) is 1. The molecule has 1 aliphatic heterocycles. The fourth-order valence-corrected chi connectivity index (χ4v) is 3.00. The molecule has 1 saturated heterocycles. The Morgan fingerprint density at radius 3 is 2.41 bits per heavy atom. The zero-order valence-corrected chi connectivity index (χ0v) is 12.5. The van der Waals surface area contributed by atoms with Gasteiger partial charge >= 0.3 is 0 Å². The van der Waals surface area contributed by atoms with E-state index in [-0.39, 0.29) is 4.90 Å². The summed E-state index contributed by atoms with van der Waals surface area (Å²) in [6.45, 7) is 2.53. The number of benzene rings is 2. The Morgan fingerprint density at radius 1 is 1.05 bits per heavy atom. The molecule has 0 saturated carbocycles. The van der Waals surface area contributed by atoms with Crippen LogP contribution < -0.4 is 0 Å². The molecule has 0 aliphatic carbocycles. The number of nitrogens with zero attached hydrogens (tertiary/aromatic N) is 3. The highest BCUT2D eigenvalue weighted by Crippen LogP contribution is 2.31. The van der Waals surface area contributed by atoms with E-state index in [4.69, 9.17) is 4.74 Å². The predicted molar refractivity (Wildman–Crippen MR) is 78.8 cm³/mol. The Hall–Kier alpha value is -2.03. The molecule has 116 valence electrons. The van der Waals surface area contributed by atoms with Crippen LogP contribution in [0.5, 0.6) is 0 Å². The summed E-state index contributed by atoms with van der Waals surface area (Å²) >= 11 is 0. The molecule has 0 amide bonds. The van der Waals surface area contributed by atoms with E-state index >= 15 is 0 Å². The molecule has 22 heavy (non-hydrogen) atoms. The second kappa shape index (κ2) is 5.99. The van der Waals surface area contributed by atoms with Crippen LogP contribution in [-0.4, -0.2) is 44.3 Å². The SMILES string of the molecule is O=S(=O)([O-])c1ccc(N=NN2CCOCC2)c2ccccc12. The maximum absolute atomic E-state index is 11.3. The van der Waals surface area contributed by atoms with Crippen LogP contribution in [0.1, 0.15) is 0 Å². The van der Waals surface area contributed by atoms with E-state index in [0.29, 0.717) is 42.8 Å². The van der Waals surface area contributed by atoms with Gasteiger partial charge in [0.2, 0.25) is 0 Å². The van der Waals surface area contributed by atoms with Crippen molar-refractivity contribution in [1.82, 2.24) is 5.01 Å². The zero-order valence-electron chi connectivity index (χ0n) is 11.7. The average molecular weight is 320 g/mol. The fourth-order valence-electron chi connectivity index (χ4n) is 2.32. The molecular formula is C14H14N3O4S-. The smallest absolute Gasteiger partial charge is 0.125 e. The van der Waals surface area contributed by atoms with Gasteiger partial charge in [0, 0.05) is 10.8 Å². The highest BCUT2D eigenvalue weighted by atomic mass is 32.2. The van der Waals surface area contributed by atoms with Gasteiger partial charge in [-0.05, 0) is 12.1 Å². The van der Waals surface area contributed by atoms with Gasteiger partial charge in [0.15, 0.2) is 0 Å². The molecule has 1 heterocycles. The Kier molecular flexibility index (Phi) is 4.06. The van der Waals surface area contributed by atoms with Crippen LogP contribution >= 0.6 is 0 Å². The second-order valence-corrected chi connectivity index (χ2v) is 6.19. The molecule has 7 nitrogen and oxygen atoms in total. The summed E-state index contributed by atoms with van der Waals surface area (Å²) in [7, 11) is -4.53. The number of hydrogen-bond acceptors (Lipinski definition) is 6. The van der Waals surface area contributed by atoms with Crippen molar-refractivity contribution in [2.24, 2.45) is 10.3 Å². The first-order valence-corrected chi connectivity index (χ1v) is 8.18. The molecule has 8 heteroatoms. The Balaban J connectivity index is 2.02. The Bertz CT molecular complexity index is 814. The minimum atomic E-state index is -4.53. The van der Waals surface area contributed by atoms with Gasteiger partial charge in [0.1, 0.15) is 10.1 Å². The van der Waals surface area contributed by atoms with Gasteiger partial charge in [-0.2, -0.15) is 0 Å². The molecule has 0 N–H and O–H groups in total. The van der Waals surface area contributed by atoms with Crippen molar-refractivity contribution >= 4 is 26.6 Å². The van der Waals surface area contributed by atoms with Crippen LogP contribution in [0.4, 0.5) is 5.69 Å². The third-order valence-electron chi connectivity index (χ3n) is 3.40. The molecule has 0 aromatic heterocycles. The molecule has 0 atom stereocenters. The minimum Gasteiger partial charge on any atom is -0.744 e. The van der Waals surface area contributed by atoms with Crippen LogP contribution in [0.25, 0.3) is 10.8 Å². The lowest BCUT2D eigenvalue weighted by atomic mass is 10.1. The number of rotatable bonds is 3. The highest BCUT2D eigenvalue weighted by Gasteiger charge is 2.11. The van der Waals surface area contributed by atoms with E-state index < -0.39 is 10.1 Å². The van der Waals surface area contributed by atoms with Crippen LogP contribution in [-0.2, 0) is 14.9 Å². The summed E-state index contributed by atoms with van der Waals surface area (Å²) in [5.41, 5.74) is 0.523. The van der Waals surface area contributed by atoms with Crippen molar-refractivity contribution in [3.05, 3.63) is 36.4 Å². The largest absolute Gasteiger partial charge is 0.744 e. The van der Waals surface area contributed by atoms with E-state index in [2.05, 4.69) is 10.3 Å². The van der Waals surface area contributed by atoms with E-state index in [1.807, 2.05) is 0 Å². The summed E-state index contributed by atoms with van der Waals surface area (Å²) < 4.78 is 39.2. The minimum absolute atomic E-state index is 0.242. The molecule has 2 aromatic rings. The summed E-state index contributed by atoms with van der Waals surface area (Å²) in [4.78, 5) is -0.242. The summed E-state index contributed by atoms with van der Waals surface area (Å²) in [5, 5.41) is 11.1. The molecule has 0 spiro atoms. The summed E-state index contributed by atoms with van der Waals surface area (Å²) in [5.74, 6) is 0. The van der Waals surface area contributed by atoms with E-state index in [0.717, 1.165) is 0 Å². The van der Waals surface area contributed by atoms with Crippen LogP contribution in [0.2, 0.25) is 0 Å². The first kappa shape index (κ1) is 14.9. The predicted octanol–water partition coefficient (Wildman–Crippen LogP) is 2.07. The molecular weight excluding hydrogens is 306 g/mol. The van der Waals surface area contributed by atoms with Gasteiger partial charge in [-0.1, -0.05) is 29.5 Å². The van der Waals surface area contributed by atoms with Gasteiger partial charge in [-0.25, -0.2) is 8.42 Å². The van der Waals surface area contributed by atoms with E-state index in [9.17, 15) is 13.0 Å². The molecule has 1 aliphatic rings. The summed E-state index contributed by atoms with van der Waals surface area (Å²) in [6.07, 6.45) is 0. The monoisotopic (exact) mass is 320 g/mol. The van der Waals surface area contributed by atoms with E-state index in [1.165, 1.54) is 12.1 Å². The standard InChI is InChI=1S/C14H15N3O4S/c18-22(19,20)14-6-5-13(11-3-1-2-4-12(11)14)15-16-17-7-9-21-10-8-17/h1-6H,7-10H2,(H,18,19,20)/p-1. The zero-order chi connectivity index (χ0) is 15.6. The summed E-state index contributed by atoms with van der Waals surface area (Å²) in [6, 6.07) is 9.53. The van der Waals surface area contributed by atoms with Crippen molar-refractivity contribution in [2.45, 2.75) is 4.90 Å². The van der Waals surface area contributed by atoms with Crippen LogP contribution in [0.3, 0.4) is 0 Å². The maximum Gasteiger partial charge on any atom is 0.125 e. The lowest BCUT2D eigenvalue weighted by Crippen LogP contribution is -2.31. The first-order valence-electron chi connectivity index (χ1n) is 6.78. The van der Waals surface area contributed by atoms with Crippen molar-refractivity contribution in [1.29, 1.82) is 0 Å². The second-order valence-electron chi connectivity index (χ2n) is 4.84. The van der Waals surface area contributed by atoms with Crippen molar-refractivity contribution in [2.75, 3.05) is 26.3 Å². The third-order valence-corrected chi connectivity index (χ3v) is 4.29. The topological polar surface area (TPSA) is 94.4 Å². The Labute approximate surface area is 127 Å². The third kappa shape index (κ3) is 3.08. The number of hydrogen-bond donors (Lipinski definition) is 0. The molecule has 0 unspecified atom stereocenters.